The fourth-order valence-electron chi connectivity index (χ4n) is 2.52. The summed E-state index contributed by atoms with van der Waals surface area (Å²) < 4.78 is 27.1. The van der Waals surface area contributed by atoms with Gasteiger partial charge in [-0.05, 0) is 60.9 Å². The van der Waals surface area contributed by atoms with Crippen LogP contribution in [0.25, 0.3) is 11.0 Å². The Kier molecular flexibility index (Phi) is 5.01. The largest absolute Gasteiger partial charge is 0.497 e. The Morgan fingerprint density at radius 1 is 1.04 bits per heavy atom. The van der Waals surface area contributed by atoms with Crippen LogP contribution in [0.2, 0.25) is 0 Å². The highest BCUT2D eigenvalue weighted by Crippen LogP contribution is 2.36. The van der Waals surface area contributed by atoms with Crippen LogP contribution >= 0.6 is 11.7 Å². The lowest BCUT2D eigenvalue weighted by molar-refractivity contribution is -0.0893. The minimum Gasteiger partial charge on any atom is -0.427 e. The summed E-state index contributed by atoms with van der Waals surface area (Å²) in [4.78, 5) is 0. The topological polar surface area (TPSA) is 73.7 Å². The molecule has 1 aromatic heterocycles. The summed E-state index contributed by atoms with van der Waals surface area (Å²) in [6, 6.07) is 3.86. The van der Waals surface area contributed by atoms with Crippen molar-refractivity contribution < 1.29 is 19.1 Å². The van der Waals surface area contributed by atoms with E-state index in [1.807, 2.05) is 53.7 Å². The van der Waals surface area contributed by atoms with Crippen LogP contribution in [-0.2, 0) is 14.0 Å². The van der Waals surface area contributed by atoms with E-state index in [0.29, 0.717) is 0 Å². The molecule has 1 aliphatic rings. The normalized spacial score (nSPS) is 19.7. The van der Waals surface area contributed by atoms with Crippen molar-refractivity contribution in [2.75, 3.05) is 0 Å². The average molecular weight is 389 g/mol. The van der Waals surface area contributed by atoms with E-state index >= 15 is 0 Å². The fraction of sp³-hybridized carbons (Fsp3) is 0.667. The van der Waals surface area contributed by atoms with Crippen LogP contribution in [-0.4, -0.2) is 50.9 Å². The van der Waals surface area contributed by atoms with Crippen LogP contribution in [0.5, 0.6) is 0 Å². The first kappa shape index (κ1) is 20.7. The van der Waals surface area contributed by atoms with Gasteiger partial charge in [0.25, 0.3) is 0 Å². The third-order valence-corrected chi connectivity index (χ3v) is 6.47. The highest BCUT2D eigenvalue weighted by Gasteiger charge is 2.52. The van der Waals surface area contributed by atoms with Gasteiger partial charge in [-0.1, -0.05) is 12.1 Å². The van der Waals surface area contributed by atoms with Crippen LogP contribution in [0.15, 0.2) is 12.1 Å². The van der Waals surface area contributed by atoms with Crippen molar-refractivity contribution in [3.63, 3.8) is 0 Å². The summed E-state index contributed by atoms with van der Waals surface area (Å²) in [6.45, 7) is 15.2. The summed E-state index contributed by atoms with van der Waals surface area (Å²) in [5, 5.41) is 10.3. The van der Waals surface area contributed by atoms with E-state index in [0.717, 1.165) is 33.7 Å². The van der Waals surface area contributed by atoms with Gasteiger partial charge in [0.05, 0.1) is 34.1 Å². The summed E-state index contributed by atoms with van der Waals surface area (Å²) in [5.41, 5.74) is 0.554. The molecule has 3 rings (SSSR count). The molecule has 0 atom stereocenters. The maximum Gasteiger partial charge on any atom is 0.497 e. The molecule has 2 heterocycles. The second-order valence-electron chi connectivity index (χ2n) is 9.10. The highest BCUT2D eigenvalue weighted by atomic mass is 32.1. The highest BCUT2D eigenvalue weighted by molar-refractivity contribution is 7.00. The van der Waals surface area contributed by atoms with E-state index in [1.165, 1.54) is 0 Å². The molecule has 0 bridgehead atoms. The summed E-state index contributed by atoms with van der Waals surface area (Å²) in [5.74, 6) is 0. The maximum atomic E-state index is 10.3. The number of nitrogens with zero attached hydrogens (tertiary/aromatic N) is 2. The third-order valence-electron chi connectivity index (χ3n) is 5.94. The molecule has 2 aromatic rings. The molecular weight excluding hydrogens is 362 g/mol. The first-order valence-electron chi connectivity index (χ1n) is 9.09. The van der Waals surface area contributed by atoms with Gasteiger partial charge in [-0.2, -0.15) is 8.75 Å². The molecule has 1 aromatic carbocycles. The Morgan fingerprint density at radius 3 is 2.15 bits per heavy atom. The van der Waals surface area contributed by atoms with E-state index in [9.17, 15) is 5.11 Å². The SMILES string of the molecule is CC(C)(O)C(C)(C)O[B]c1ccc(B2OC(C)(C)C(C)(C)O2)c2nsnc12. The summed E-state index contributed by atoms with van der Waals surface area (Å²) >= 11 is 1.14. The van der Waals surface area contributed by atoms with Gasteiger partial charge in [-0.3, -0.25) is 0 Å². The lowest BCUT2D eigenvalue weighted by Gasteiger charge is -2.37. The monoisotopic (exact) mass is 389 g/mol. The second kappa shape index (κ2) is 6.52. The van der Waals surface area contributed by atoms with E-state index in [1.54, 1.807) is 21.3 Å². The van der Waals surface area contributed by atoms with E-state index < -0.39 is 29.5 Å². The van der Waals surface area contributed by atoms with Crippen molar-refractivity contribution in [3.05, 3.63) is 12.1 Å². The maximum absolute atomic E-state index is 10.3. The van der Waals surface area contributed by atoms with Gasteiger partial charge in [-0.25, -0.2) is 0 Å². The Morgan fingerprint density at radius 2 is 1.59 bits per heavy atom. The molecule has 0 spiro atoms. The predicted molar refractivity (Wildman–Crippen MR) is 110 cm³/mol. The van der Waals surface area contributed by atoms with Gasteiger partial charge in [0.2, 0.25) is 0 Å². The zero-order chi connectivity index (χ0) is 20.3. The quantitative estimate of drug-likeness (QED) is 0.787. The molecule has 1 N–H and O–H groups in total. The summed E-state index contributed by atoms with van der Waals surface area (Å²) in [7, 11) is 1.14. The van der Waals surface area contributed by atoms with E-state index in [2.05, 4.69) is 8.75 Å². The van der Waals surface area contributed by atoms with Gasteiger partial charge < -0.3 is 19.1 Å². The lowest BCUT2D eigenvalue weighted by Crippen LogP contribution is -2.49. The van der Waals surface area contributed by atoms with Crippen molar-refractivity contribution in [2.24, 2.45) is 0 Å². The smallest absolute Gasteiger partial charge is 0.427 e. The van der Waals surface area contributed by atoms with Crippen molar-refractivity contribution in [2.45, 2.75) is 77.8 Å². The van der Waals surface area contributed by atoms with Gasteiger partial charge in [0.15, 0.2) is 0 Å². The van der Waals surface area contributed by atoms with Crippen molar-refractivity contribution in [1.29, 1.82) is 0 Å². The van der Waals surface area contributed by atoms with Crippen molar-refractivity contribution >= 4 is 48.3 Å². The molecule has 1 aliphatic heterocycles. The standard InChI is InChI=1S/C18H27B2N2O4S/c1-15(2,23)16(3,4)24-19-11-9-10-12(14-13(11)21-27-22-14)20-25-17(5,6)18(7,8)26-20/h9-10,23H,1-8H3. The molecule has 1 radical (unpaired) electrons. The second-order valence-corrected chi connectivity index (χ2v) is 9.63. The Balaban J connectivity index is 1.89. The minimum atomic E-state index is -0.994. The Hall–Kier alpha value is -0.990. The molecule has 1 fully saturated rings. The Bertz CT molecular complexity index is 829. The molecule has 0 saturated carbocycles. The molecule has 145 valence electrons. The molecule has 0 unspecified atom stereocenters. The van der Waals surface area contributed by atoms with Crippen LogP contribution in [0.1, 0.15) is 55.4 Å². The third kappa shape index (κ3) is 3.68. The van der Waals surface area contributed by atoms with Gasteiger partial charge in [0.1, 0.15) is 11.0 Å². The molecular formula is C18H27B2N2O4S. The first-order chi connectivity index (χ1) is 12.3. The number of hydrogen-bond donors (Lipinski definition) is 1. The minimum absolute atomic E-state index is 0.419. The number of rotatable bonds is 5. The first-order valence-corrected chi connectivity index (χ1v) is 9.82. The molecule has 9 heteroatoms. The van der Waals surface area contributed by atoms with Crippen LogP contribution in [0.4, 0.5) is 0 Å². The zero-order valence-electron chi connectivity index (χ0n) is 17.3. The number of hydrogen-bond acceptors (Lipinski definition) is 7. The van der Waals surface area contributed by atoms with E-state index in [4.69, 9.17) is 14.0 Å². The zero-order valence-corrected chi connectivity index (χ0v) is 18.1. The average Bonchev–Trinajstić information content (AvgIpc) is 3.06. The van der Waals surface area contributed by atoms with Gasteiger partial charge in [-0.15, -0.1) is 0 Å². The molecule has 6 nitrogen and oxygen atoms in total. The molecule has 0 amide bonds. The molecule has 1 saturated heterocycles. The summed E-state index contributed by atoms with van der Waals surface area (Å²) in [6.07, 6.45) is 0. The number of aliphatic hydroxyl groups is 1. The van der Waals surface area contributed by atoms with Crippen molar-refractivity contribution in [3.8, 4) is 0 Å². The predicted octanol–water partition coefficient (Wildman–Crippen LogP) is 1.80. The fourth-order valence-corrected chi connectivity index (χ4v) is 3.10. The number of aromatic nitrogens is 2. The molecule has 27 heavy (non-hydrogen) atoms. The van der Waals surface area contributed by atoms with Gasteiger partial charge in [0, 0.05) is 5.46 Å². The van der Waals surface area contributed by atoms with Crippen molar-refractivity contribution in [1.82, 2.24) is 8.75 Å². The van der Waals surface area contributed by atoms with E-state index in [-0.39, 0.29) is 0 Å². The Labute approximate surface area is 166 Å². The van der Waals surface area contributed by atoms with Crippen LogP contribution < -0.4 is 10.9 Å². The van der Waals surface area contributed by atoms with Gasteiger partial charge >= 0.3 is 14.6 Å². The van der Waals surface area contributed by atoms with Crippen LogP contribution in [0, 0.1) is 0 Å². The molecule has 0 aliphatic carbocycles. The number of fused-ring (bicyclic) bond motifs is 1. The van der Waals surface area contributed by atoms with Crippen LogP contribution in [0.3, 0.4) is 0 Å². The number of benzene rings is 1. The lowest BCUT2D eigenvalue weighted by atomic mass is 9.74.